The monoisotopic (exact) mass is 419 g/mol. The van der Waals surface area contributed by atoms with Crippen LogP contribution in [0.5, 0.6) is 0 Å². The van der Waals surface area contributed by atoms with Crippen molar-refractivity contribution in [2.45, 2.75) is 26.8 Å². The predicted molar refractivity (Wildman–Crippen MR) is 119 cm³/mol. The molecule has 0 saturated heterocycles. The van der Waals surface area contributed by atoms with Gasteiger partial charge in [-0.2, -0.15) is 20.2 Å². The lowest BCUT2D eigenvalue weighted by Gasteiger charge is -2.10. The number of nitrogens with two attached hydrogens (primary N) is 1. The number of nitrogens with zero attached hydrogens (tertiary/aromatic N) is 6. The number of fused-ring (bicyclic) bond motifs is 2. The van der Waals surface area contributed by atoms with Gasteiger partial charge >= 0.3 is 0 Å². The molecule has 0 spiro atoms. The zero-order valence-corrected chi connectivity index (χ0v) is 17.6. The summed E-state index contributed by atoms with van der Waals surface area (Å²) in [6.45, 7) is 6.01. The molecule has 0 fully saturated rings. The van der Waals surface area contributed by atoms with E-state index >= 15 is 0 Å². The van der Waals surface area contributed by atoms with E-state index in [0.29, 0.717) is 33.9 Å². The van der Waals surface area contributed by atoms with Gasteiger partial charge in [0, 0.05) is 36.4 Å². The Kier molecular flexibility index (Phi) is 4.17. The van der Waals surface area contributed by atoms with Crippen LogP contribution in [-0.4, -0.2) is 34.5 Å². The third kappa shape index (κ3) is 3.07. The molecule has 5 aromatic rings. The molecule has 0 saturated carbocycles. The van der Waals surface area contributed by atoms with Gasteiger partial charge in [0.15, 0.2) is 0 Å². The molecule has 4 heterocycles. The van der Waals surface area contributed by atoms with Crippen LogP contribution in [-0.2, 0) is 7.05 Å². The molecule has 0 unspecified atom stereocenters. The summed E-state index contributed by atoms with van der Waals surface area (Å²) in [5, 5.41) is 15.9. The number of nitrogens with one attached hydrogen (secondary N) is 2. The number of anilines is 3. The number of rotatable bonds is 4. The number of aromatic nitrogens is 7. The summed E-state index contributed by atoms with van der Waals surface area (Å²) in [7, 11) is 1.85. The number of aryl methyl sites for hydroxylation is 2. The molecular formula is C21H22FN9. The Bertz CT molecular complexity index is 1440. The largest absolute Gasteiger partial charge is 0.383 e. The van der Waals surface area contributed by atoms with Gasteiger partial charge < -0.3 is 15.6 Å². The molecule has 0 radical (unpaired) electrons. The van der Waals surface area contributed by atoms with E-state index in [0.717, 1.165) is 22.3 Å². The van der Waals surface area contributed by atoms with E-state index in [-0.39, 0.29) is 11.9 Å². The van der Waals surface area contributed by atoms with Gasteiger partial charge in [-0.3, -0.25) is 9.78 Å². The van der Waals surface area contributed by atoms with E-state index in [9.17, 15) is 4.39 Å². The molecule has 1 aromatic carbocycles. The van der Waals surface area contributed by atoms with Crippen molar-refractivity contribution in [3.05, 3.63) is 42.2 Å². The van der Waals surface area contributed by atoms with Crippen molar-refractivity contribution >= 4 is 39.4 Å². The van der Waals surface area contributed by atoms with Gasteiger partial charge in [0.2, 0.25) is 5.95 Å². The van der Waals surface area contributed by atoms with Crippen LogP contribution < -0.4 is 11.1 Å². The lowest BCUT2D eigenvalue weighted by atomic mass is 10.0. The van der Waals surface area contributed by atoms with Gasteiger partial charge in [-0.05, 0) is 38.5 Å². The number of benzene rings is 1. The van der Waals surface area contributed by atoms with E-state index in [1.807, 2.05) is 30.9 Å². The van der Waals surface area contributed by atoms with Crippen LogP contribution in [0, 0.1) is 12.7 Å². The van der Waals surface area contributed by atoms with E-state index < -0.39 is 0 Å². The van der Waals surface area contributed by atoms with Crippen molar-refractivity contribution in [1.82, 2.24) is 34.5 Å². The first-order valence-electron chi connectivity index (χ1n) is 9.90. The molecular weight excluding hydrogens is 397 g/mol. The molecule has 4 N–H and O–H groups in total. The molecule has 4 aromatic heterocycles. The number of H-pyrrole nitrogens is 1. The standard InChI is InChI=1S/C21H22FN9/c1-10(2)31-8-15(13-5-12(22)6-16-14(13)7-24-28-16)18-19(23)26-21(27-20(18)31)25-17-9-30(4)29-11(17)3/h5-10H,1-4H3,(H,24,28)(H3,23,25,26,27). The van der Waals surface area contributed by atoms with Gasteiger partial charge in [-0.25, -0.2) is 4.39 Å². The Morgan fingerprint density at radius 3 is 2.68 bits per heavy atom. The minimum Gasteiger partial charge on any atom is -0.383 e. The van der Waals surface area contributed by atoms with E-state index in [1.54, 1.807) is 10.9 Å². The minimum absolute atomic E-state index is 0.104. The van der Waals surface area contributed by atoms with Crippen LogP contribution in [0.3, 0.4) is 0 Å². The predicted octanol–water partition coefficient (Wildman–Crippen LogP) is 4.06. The van der Waals surface area contributed by atoms with Crippen molar-refractivity contribution < 1.29 is 4.39 Å². The van der Waals surface area contributed by atoms with E-state index in [2.05, 4.69) is 39.4 Å². The average molecular weight is 419 g/mol. The first-order valence-corrected chi connectivity index (χ1v) is 9.90. The Morgan fingerprint density at radius 1 is 1.16 bits per heavy atom. The quantitative estimate of drug-likeness (QED) is 0.405. The maximum absolute atomic E-state index is 14.3. The lowest BCUT2D eigenvalue weighted by molar-refractivity contribution is 0.618. The fourth-order valence-corrected chi connectivity index (χ4v) is 3.91. The van der Waals surface area contributed by atoms with Crippen LogP contribution in [0.1, 0.15) is 25.6 Å². The number of aromatic amines is 1. The second-order valence-electron chi connectivity index (χ2n) is 7.89. The van der Waals surface area contributed by atoms with Gasteiger partial charge in [0.1, 0.15) is 17.3 Å². The Hall–Kier alpha value is -3.95. The average Bonchev–Trinajstić information content (AvgIpc) is 3.38. The van der Waals surface area contributed by atoms with Gasteiger partial charge in [-0.15, -0.1) is 0 Å². The summed E-state index contributed by atoms with van der Waals surface area (Å²) in [5.41, 5.74) is 10.8. The van der Waals surface area contributed by atoms with Crippen LogP contribution in [0.15, 0.2) is 30.7 Å². The fourth-order valence-electron chi connectivity index (χ4n) is 3.91. The summed E-state index contributed by atoms with van der Waals surface area (Å²) in [4.78, 5) is 9.23. The first-order chi connectivity index (χ1) is 14.8. The highest BCUT2D eigenvalue weighted by atomic mass is 19.1. The molecule has 0 bridgehead atoms. The second-order valence-corrected chi connectivity index (χ2v) is 7.89. The lowest BCUT2D eigenvalue weighted by Crippen LogP contribution is -2.05. The zero-order valence-electron chi connectivity index (χ0n) is 17.6. The number of hydrogen-bond acceptors (Lipinski definition) is 6. The molecule has 10 heteroatoms. The highest BCUT2D eigenvalue weighted by molar-refractivity contribution is 6.07. The number of nitrogen functional groups attached to an aromatic ring is 1. The third-order valence-electron chi connectivity index (χ3n) is 5.33. The fraction of sp³-hybridized carbons (Fsp3) is 0.238. The summed E-state index contributed by atoms with van der Waals surface area (Å²) in [5.74, 6) is 0.326. The van der Waals surface area contributed by atoms with E-state index in [4.69, 9.17) is 10.7 Å². The Labute approximate surface area is 177 Å². The van der Waals surface area contributed by atoms with Crippen LogP contribution in [0.25, 0.3) is 33.1 Å². The SMILES string of the molecule is Cc1nn(C)cc1Nc1nc(N)c2c(-c3cc(F)cc4[nH]ncc34)cn(C(C)C)c2n1. The zero-order chi connectivity index (χ0) is 21.9. The molecule has 9 nitrogen and oxygen atoms in total. The van der Waals surface area contributed by atoms with Gasteiger partial charge in [-0.1, -0.05) is 0 Å². The molecule has 158 valence electrons. The Morgan fingerprint density at radius 2 is 1.97 bits per heavy atom. The van der Waals surface area contributed by atoms with Crippen LogP contribution in [0.2, 0.25) is 0 Å². The van der Waals surface area contributed by atoms with Crippen molar-refractivity contribution in [3.8, 4) is 11.1 Å². The van der Waals surface area contributed by atoms with Crippen molar-refractivity contribution in [3.63, 3.8) is 0 Å². The van der Waals surface area contributed by atoms with Crippen LogP contribution in [0.4, 0.5) is 21.8 Å². The summed E-state index contributed by atoms with van der Waals surface area (Å²) < 4.78 is 18.1. The smallest absolute Gasteiger partial charge is 0.231 e. The topological polar surface area (TPSA) is 115 Å². The molecule has 0 aliphatic carbocycles. The Balaban J connectivity index is 1.74. The summed E-state index contributed by atoms with van der Waals surface area (Å²) in [6, 6.07) is 3.01. The molecule has 0 aliphatic heterocycles. The molecule has 0 atom stereocenters. The number of hydrogen-bond donors (Lipinski definition) is 3. The van der Waals surface area contributed by atoms with E-state index in [1.165, 1.54) is 12.1 Å². The highest BCUT2D eigenvalue weighted by Crippen LogP contribution is 2.38. The molecule has 31 heavy (non-hydrogen) atoms. The van der Waals surface area contributed by atoms with Crippen molar-refractivity contribution in [2.75, 3.05) is 11.1 Å². The summed E-state index contributed by atoms with van der Waals surface area (Å²) in [6.07, 6.45) is 5.48. The maximum atomic E-state index is 14.3. The number of halogens is 1. The minimum atomic E-state index is -0.359. The molecule has 0 amide bonds. The molecule has 5 rings (SSSR count). The first kappa shape index (κ1) is 19.0. The van der Waals surface area contributed by atoms with Crippen LogP contribution >= 0.6 is 0 Å². The maximum Gasteiger partial charge on any atom is 0.231 e. The van der Waals surface area contributed by atoms with Crippen molar-refractivity contribution in [2.24, 2.45) is 7.05 Å². The highest BCUT2D eigenvalue weighted by Gasteiger charge is 2.21. The van der Waals surface area contributed by atoms with Gasteiger partial charge in [0.25, 0.3) is 0 Å². The molecule has 0 aliphatic rings. The van der Waals surface area contributed by atoms with Gasteiger partial charge in [0.05, 0.1) is 28.5 Å². The third-order valence-corrected chi connectivity index (χ3v) is 5.33. The second kappa shape index (κ2) is 6.79. The summed E-state index contributed by atoms with van der Waals surface area (Å²) >= 11 is 0. The normalized spacial score (nSPS) is 11.8. The van der Waals surface area contributed by atoms with Crippen molar-refractivity contribution in [1.29, 1.82) is 0 Å².